The van der Waals surface area contributed by atoms with Crippen molar-refractivity contribution in [2.45, 2.75) is 4.90 Å². The molecular weight excluding hydrogens is 407 g/mol. The largest absolute Gasteiger partial charge is 0.354 e. The van der Waals surface area contributed by atoms with Crippen LogP contribution in [-0.4, -0.2) is 51.0 Å². The highest BCUT2D eigenvalue weighted by Gasteiger charge is 2.18. The third-order valence-electron chi connectivity index (χ3n) is 4.21. The van der Waals surface area contributed by atoms with Gasteiger partial charge in [0.1, 0.15) is 5.82 Å². The van der Waals surface area contributed by atoms with E-state index in [4.69, 9.17) is 11.6 Å². The lowest BCUT2D eigenvalue weighted by Crippen LogP contribution is -2.46. The van der Waals surface area contributed by atoms with Crippen molar-refractivity contribution >= 4 is 45.5 Å². The van der Waals surface area contributed by atoms with E-state index in [1.54, 1.807) is 24.4 Å². The van der Waals surface area contributed by atoms with E-state index in [1.165, 1.54) is 12.1 Å². The van der Waals surface area contributed by atoms with Gasteiger partial charge in [-0.25, -0.2) is 13.4 Å². The lowest BCUT2D eigenvalue weighted by atomic mass is 10.3. The maximum Gasteiger partial charge on any atom is 0.261 e. The van der Waals surface area contributed by atoms with E-state index in [1.807, 2.05) is 12.1 Å². The van der Waals surface area contributed by atoms with Crippen LogP contribution in [0, 0.1) is 0 Å². The molecule has 27 heavy (non-hydrogen) atoms. The summed E-state index contributed by atoms with van der Waals surface area (Å²) in [6.07, 6.45) is 3.45. The SMILES string of the molecule is C=CCN1CCN(c2ccc(NS(=O)(=O)c3ccc(Cl)cc3)cn2)CC1.Cl. The fourth-order valence-corrected chi connectivity index (χ4v) is 3.97. The van der Waals surface area contributed by atoms with Gasteiger partial charge in [0.05, 0.1) is 16.8 Å². The average Bonchev–Trinajstić information content (AvgIpc) is 2.63. The molecule has 1 aliphatic rings. The zero-order chi connectivity index (χ0) is 18.6. The van der Waals surface area contributed by atoms with Gasteiger partial charge in [-0.05, 0) is 36.4 Å². The van der Waals surface area contributed by atoms with Crippen molar-refractivity contribution in [3.63, 3.8) is 0 Å². The summed E-state index contributed by atoms with van der Waals surface area (Å²) in [5, 5.41) is 0.489. The molecule has 1 N–H and O–H groups in total. The van der Waals surface area contributed by atoms with Crippen molar-refractivity contribution in [2.75, 3.05) is 42.3 Å². The van der Waals surface area contributed by atoms with E-state index < -0.39 is 10.0 Å². The number of rotatable bonds is 6. The minimum Gasteiger partial charge on any atom is -0.354 e. The summed E-state index contributed by atoms with van der Waals surface area (Å²) in [5.74, 6) is 0.845. The summed E-state index contributed by atoms with van der Waals surface area (Å²) in [6.45, 7) is 8.35. The van der Waals surface area contributed by atoms with E-state index >= 15 is 0 Å². The molecule has 1 aliphatic heterocycles. The molecule has 2 heterocycles. The first-order chi connectivity index (χ1) is 12.5. The molecule has 0 atom stereocenters. The number of hydrogen-bond acceptors (Lipinski definition) is 5. The van der Waals surface area contributed by atoms with E-state index in [9.17, 15) is 8.42 Å². The summed E-state index contributed by atoms with van der Waals surface area (Å²) in [4.78, 5) is 9.08. The summed E-state index contributed by atoms with van der Waals surface area (Å²) >= 11 is 5.80. The van der Waals surface area contributed by atoms with Crippen LogP contribution in [0.3, 0.4) is 0 Å². The first-order valence-electron chi connectivity index (χ1n) is 8.30. The predicted octanol–water partition coefficient (Wildman–Crippen LogP) is 3.27. The van der Waals surface area contributed by atoms with Crippen LogP contribution in [0.2, 0.25) is 5.02 Å². The molecule has 0 spiro atoms. The van der Waals surface area contributed by atoms with Gasteiger partial charge in [-0.15, -0.1) is 19.0 Å². The van der Waals surface area contributed by atoms with Gasteiger partial charge < -0.3 is 4.90 Å². The van der Waals surface area contributed by atoms with Gasteiger partial charge in [0.25, 0.3) is 10.0 Å². The third-order valence-corrected chi connectivity index (χ3v) is 5.86. The highest BCUT2D eigenvalue weighted by molar-refractivity contribution is 7.92. The van der Waals surface area contributed by atoms with E-state index in [2.05, 4.69) is 26.1 Å². The van der Waals surface area contributed by atoms with Gasteiger partial charge in [0, 0.05) is 37.7 Å². The molecule has 146 valence electrons. The van der Waals surface area contributed by atoms with Crippen LogP contribution < -0.4 is 9.62 Å². The van der Waals surface area contributed by atoms with Crippen LogP contribution in [0.5, 0.6) is 0 Å². The van der Waals surface area contributed by atoms with Gasteiger partial charge in [0.2, 0.25) is 0 Å². The number of benzene rings is 1. The summed E-state index contributed by atoms with van der Waals surface area (Å²) in [6, 6.07) is 9.59. The zero-order valence-corrected chi connectivity index (χ0v) is 17.1. The number of nitrogens with zero attached hydrogens (tertiary/aromatic N) is 3. The van der Waals surface area contributed by atoms with Gasteiger partial charge in [-0.2, -0.15) is 0 Å². The van der Waals surface area contributed by atoms with Gasteiger partial charge in [-0.3, -0.25) is 9.62 Å². The van der Waals surface area contributed by atoms with Crippen molar-refractivity contribution < 1.29 is 8.42 Å². The van der Waals surface area contributed by atoms with E-state index in [0.717, 1.165) is 38.5 Å². The molecular formula is C18H22Cl2N4O2S. The number of pyridine rings is 1. The molecule has 1 fully saturated rings. The lowest BCUT2D eigenvalue weighted by molar-refractivity contribution is 0.283. The number of piperazine rings is 1. The molecule has 0 radical (unpaired) electrons. The van der Waals surface area contributed by atoms with Crippen molar-refractivity contribution in [2.24, 2.45) is 0 Å². The summed E-state index contributed by atoms with van der Waals surface area (Å²) in [7, 11) is -3.66. The highest BCUT2D eigenvalue weighted by atomic mass is 35.5. The van der Waals surface area contributed by atoms with Gasteiger partial charge >= 0.3 is 0 Å². The molecule has 0 amide bonds. The fourth-order valence-electron chi connectivity index (χ4n) is 2.80. The maximum atomic E-state index is 12.4. The molecule has 1 saturated heterocycles. The smallest absolute Gasteiger partial charge is 0.261 e. The average molecular weight is 429 g/mol. The first kappa shape index (κ1) is 21.5. The molecule has 2 aromatic rings. The number of anilines is 2. The Hall–Kier alpha value is -1.80. The second-order valence-corrected chi connectivity index (χ2v) is 8.16. The Balaban J connectivity index is 0.00000261. The minimum atomic E-state index is -3.66. The molecule has 0 aliphatic carbocycles. The standard InChI is InChI=1S/C18H21ClN4O2S.ClH/c1-2-9-22-10-12-23(13-11-22)18-8-5-16(14-20-18)21-26(24,25)17-6-3-15(19)4-7-17;/h2-8,14,21H,1,9-13H2;1H. The number of sulfonamides is 1. The Kier molecular flexibility index (Phi) is 7.49. The molecule has 6 nitrogen and oxygen atoms in total. The summed E-state index contributed by atoms with van der Waals surface area (Å²) < 4.78 is 27.3. The van der Waals surface area contributed by atoms with Crippen LogP contribution in [0.25, 0.3) is 0 Å². The molecule has 1 aromatic heterocycles. The Morgan fingerprint density at radius 1 is 1.11 bits per heavy atom. The van der Waals surface area contributed by atoms with Gasteiger partial charge in [-0.1, -0.05) is 17.7 Å². The lowest BCUT2D eigenvalue weighted by Gasteiger charge is -2.34. The number of aromatic nitrogens is 1. The van der Waals surface area contributed by atoms with Crippen molar-refractivity contribution in [3.05, 3.63) is 60.3 Å². The van der Waals surface area contributed by atoms with Crippen LogP contribution in [0.4, 0.5) is 11.5 Å². The Labute approximate surface area is 171 Å². The number of nitrogens with one attached hydrogen (secondary N) is 1. The molecule has 9 heteroatoms. The van der Waals surface area contributed by atoms with Crippen LogP contribution >= 0.6 is 24.0 Å². The molecule has 0 bridgehead atoms. The van der Waals surface area contributed by atoms with Crippen LogP contribution in [-0.2, 0) is 10.0 Å². The zero-order valence-electron chi connectivity index (χ0n) is 14.7. The quantitative estimate of drug-likeness (QED) is 0.715. The second-order valence-electron chi connectivity index (χ2n) is 6.04. The predicted molar refractivity (Wildman–Crippen MR) is 113 cm³/mol. The Bertz CT molecular complexity index is 850. The second kappa shape index (κ2) is 9.41. The minimum absolute atomic E-state index is 0. The maximum absolute atomic E-state index is 12.4. The van der Waals surface area contributed by atoms with Crippen LogP contribution in [0.15, 0.2) is 60.1 Å². The Morgan fingerprint density at radius 3 is 2.33 bits per heavy atom. The van der Waals surface area contributed by atoms with Crippen molar-refractivity contribution in [1.29, 1.82) is 0 Å². The van der Waals surface area contributed by atoms with Crippen molar-refractivity contribution in [1.82, 2.24) is 9.88 Å². The van der Waals surface area contributed by atoms with Gasteiger partial charge in [0.15, 0.2) is 0 Å². The fraction of sp³-hybridized carbons (Fsp3) is 0.278. The topological polar surface area (TPSA) is 65.5 Å². The normalized spacial score (nSPS) is 15.1. The third kappa shape index (κ3) is 5.59. The Morgan fingerprint density at radius 2 is 1.78 bits per heavy atom. The molecule has 0 saturated carbocycles. The number of hydrogen-bond donors (Lipinski definition) is 1. The molecule has 3 rings (SSSR count). The van der Waals surface area contributed by atoms with E-state index in [0.29, 0.717) is 10.7 Å². The van der Waals surface area contributed by atoms with E-state index in [-0.39, 0.29) is 17.3 Å². The molecule has 0 unspecified atom stereocenters. The number of halogens is 2. The molecule has 1 aromatic carbocycles. The highest BCUT2D eigenvalue weighted by Crippen LogP contribution is 2.20. The monoisotopic (exact) mass is 428 g/mol. The van der Waals surface area contributed by atoms with Crippen molar-refractivity contribution in [3.8, 4) is 0 Å². The summed E-state index contributed by atoms with van der Waals surface area (Å²) in [5.41, 5.74) is 0.425. The van der Waals surface area contributed by atoms with Crippen LogP contribution in [0.1, 0.15) is 0 Å². The first-order valence-corrected chi connectivity index (χ1v) is 10.2.